The molecule has 0 fully saturated rings. The van der Waals surface area contributed by atoms with Crippen LogP contribution in [0.2, 0.25) is 5.02 Å². The molecule has 0 saturated carbocycles. The summed E-state index contributed by atoms with van der Waals surface area (Å²) in [6, 6.07) is 14.4. The number of benzene rings is 2. The van der Waals surface area contributed by atoms with Crippen LogP contribution in [-0.2, 0) is 19.3 Å². The summed E-state index contributed by atoms with van der Waals surface area (Å²) in [5, 5.41) is 8.84. The molecule has 1 atom stereocenters. The average Bonchev–Trinajstić information content (AvgIpc) is 3.24. The van der Waals surface area contributed by atoms with E-state index in [9.17, 15) is 14.4 Å². The summed E-state index contributed by atoms with van der Waals surface area (Å²) in [4.78, 5) is 38.0. The number of fused-ring (bicyclic) bond motifs is 2. The molecule has 2 aromatic carbocycles. The highest BCUT2D eigenvalue weighted by Crippen LogP contribution is 2.54. The van der Waals surface area contributed by atoms with E-state index < -0.39 is 10.8 Å². The first kappa shape index (κ1) is 22.2. The number of hydrogen-bond donors (Lipinski definition) is 1. The molecule has 0 aliphatic carbocycles. The highest BCUT2D eigenvalue weighted by Gasteiger charge is 2.60. The van der Waals surface area contributed by atoms with Gasteiger partial charge in [0.15, 0.2) is 5.17 Å². The maximum atomic E-state index is 13.7. The van der Waals surface area contributed by atoms with Crippen LogP contribution in [-0.4, -0.2) is 41.0 Å². The van der Waals surface area contributed by atoms with Gasteiger partial charge in [0.05, 0.1) is 12.3 Å². The van der Waals surface area contributed by atoms with Crippen molar-refractivity contribution in [3.63, 3.8) is 0 Å². The van der Waals surface area contributed by atoms with Crippen molar-refractivity contribution >= 4 is 51.9 Å². The van der Waals surface area contributed by atoms with Gasteiger partial charge in [0, 0.05) is 31.0 Å². The third kappa shape index (κ3) is 3.93. The maximum Gasteiger partial charge on any atom is 0.270 e. The van der Waals surface area contributed by atoms with Crippen LogP contribution in [0.15, 0.2) is 53.6 Å². The van der Waals surface area contributed by atoms with Gasteiger partial charge in [-0.25, -0.2) is 0 Å². The molecule has 0 radical (unpaired) electrons. The van der Waals surface area contributed by atoms with Crippen LogP contribution in [0.25, 0.3) is 0 Å². The molecule has 8 nitrogen and oxygen atoms in total. The summed E-state index contributed by atoms with van der Waals surface area (Å²) in [7, 11) is 0. The van der Waals surface area contributed by atoms with E-state index in [-0.39, 0.29) is 17.0 Å². The van der Waals surface area contributed by atoms with Gasteiger partial charge in [-0.15, -0.1) is 5.10 Å². The van der Waals surface area contributed by atoms with Crippen molar-refractivity contribution < 1.29 is 19.1 Å². The zero-order valence-electron chi connectivity index (χ0n) is 17.5. The molecule has 1 N–H and O–H groups in total. The van der Waals surface area contributed by atoms with E-state index in [0.29, 0.717) is 41.6 Å². The minimum absolute atomic E-state index is 0.212. The van der Waals surface area contributed by atoms with Crippen molar-refractivity contribution in [3.8, 4) is 5.75 Å². The summed E-state index contributed by atoms with van der Waals surface area (Å²) in [5.41, 5.74) is 1.37. The van der Waals surface area contributed by atoms with Crippen molar-refractivity contribution in [2.75, 3.05) is 18.1 Å². The zero-order valence-corrected chi connectivity index (χ0v) is 19.1. The lowest BCUT2D eigenvalue weighted by molar-refractivity contribution is -0.139. The molecule has 0 saturated heterocycles. The number of hydrogen-bond acceptors (Lipinski definition) is 6. The van der Waals surface area contributed by atoms with Crippen LogP contribution < -0.4 is 15.0 Å². The standard InChI is InChI=1S/C22H21ClN4O4S/c1-14(28)24-21-25-27(15(2)29)22(32-21)18-6-3-4-7-19(18)26(20(22)30)12-5-13-31-17-10-8-16(23)9-11-17/h3-4,6-11H,5,12-13H2,1-2H3,(H,24,25,28)/t22-/m0/s1. The Balaban J connectivity index is 1.55. The summed E-state index contributed by atoms with van der Waals surface area (Å²) in [5.74, 6) is -0.309. The van der Waals surface area contributed by atoms with Crippen molar-refractivity contribution in [2.45, 2.75) is 25.1 Å². The van der Waals surface area contributed by atoms with Gasteiger partial charge in [0.2, 0.25) is 16.7 Å². The lowest BCUT2D eigenvalue weighted by Gasteiger charge is -2.29. The quantitative estimate of drug-likeness (QED) is 0.674. The van der Waals surface area contributed by atoms with Crippen LogP contribution in [0, 0.1) is 0 Å². The largest absolute Gasteiger partial charge is 0.494 e. The number of amides is 3. The summed E-state index contributed by atoms with van der Waals surface area (Å²) >= 11 is 6.96. The Kier molecular flexibility index (Phi) is 6.12. The molecule has 0 aromatic heterocycles. The van der Waals surface area contributed by atoms with Crippen LogP contribution in [0.3, 0.4) is 0 Å². The lowest BCUT2D eigenvalue weighted by Crippen LogP contribution is -2.48. The normalized spacial score (nSPS) is 19.2. The summed E-state index contributed by atoms with van der Waals surface area (Å²) < 4.78 is 5.74. The topological polar surface area (TPSA) is 91.3 Å². The Bertz CT molecular complexity index is 1110. The molecular formula is C22H21ClN4O4S. The van der Waals surface area contributed by atoms with Gasteiger partial charge in [-0.2, -0.15) is 5.01 Å². The van der Waals surface area contributed by atoms with Crippen LogP contribution in [0.5, 0.6) is 5.75 Å². The number of thioether (sulfide) groups is 1. The summed E-state index contributed by atoms with van der Waals surface area (Å²) in [6.07, 6.45) is 0.572. The molecule has 0 unspecified atom stereocenters. The highest BCUT2D eigenvalue weighted by atomic mass is 35.5. The molecule has 3 amide bonds. The number of halogens is 1. The second-order valence-electron chi connectivity index (χ2n) is 7.29. The Labute approximate surface area is 194 Å². The maximum absolute atomic E-state index is 13.7. The second-order valence-corrected chi connectivity index (χ2v) is 8.91. The Morgan fingerprint density at radius 3 is 2.56 bits per heavy atom. The minimum atomic E-state index is -1.38. The molecule has 2 heterocycles. The minimum Gasteiger partial charge on any atom is -0.494 e. The number of rotatable bonds is 5. The van der Waals surface area contributed by atoms with E-state index in [0.717, 1.165) is 16.8 Å². The Morgan fingerprint density at radius 2 is 1.88 bits per heavy atom. The van der Waals surface area contributed by atoms with E-state index in [1.54, 1.807) is 29.2 Å². The summed E-state index contributed by atoms with van der Waals surface area (Å²) in [6.45, 7) is 3.50. The fraction of sp³-hybridized carbons (Fsp3) is 0.273. The van der Waals surface area contributed by atoms with Gasteiger partial charge >= 0.3 is 0 Å². The number of nitrogens with zero attached hydrogens (tertiary/aromatic N) is 3. The van der Waals surface area contributed by atoms with Crippen molar-refractivity contribution in [2.24, 2.45) is 5.10 Å². The number of para-hydroxylation sites is 1. The van der Waals surface area contributed by atoms with E-state index >= 15 is 0 Å². The van der Waals surface area contributed by atoms with Crippen molar-refractivity contribution in [1.82, 2.24) is 10.3 Å². The molecule has 2 aliphatic heterocycles. The Morgan fingerprint density at radius 1 is 1.16 bits per heavy atom. The van der Waals surface area contributed by atoms with Gasteiger partial charge < -0.3 is 15.0 Å². The number of hydrazone groups is 1. The molecule has 2 aliphatic rings. The number of anilines is 1. The molecule has 10 heteroatoms. The van der Waals surface area contributed by atoms with Gasteiger partial charge in [0.1, 0.15) is 5.75 Å². The zero-order chi connectivity index (χ0) is 22.9. The van der Waals surface area contributed by atoms with E-state index in [1.165, 1.54) is 13.8 Å². The first-order chi connectivity index (χ1) is 15.3. The Hall–Kier alpha value is -3.04. The van der Waals surface area contributed by atoms with Crippen molar-refractivity contribution in [1.29, 1.82) is 0 Å². The predicted molar refractivity (Wildman–Crippen MR) is 123 cm³/mol. The highest BCUT2D eigenvalue weighted by molar-refractivity contribution is 8.15. The predicted octanol–water partition coefficient (Wildman–Crippen LogP) is 3.31. The van der Waals surface area contributed by atoms with Crippen LogP contribution in [0.4, 0.5) is 5.69 Å². The van der Waals surface area contributed by atoms with Crippen LogP contribution in [0.1, 0.15) is 25.8 Å². The fourth-order valence-electron chi connectivity index (χ4n) is 3.73. The first-order valence-corrected chi connectivity index (χ1v) is 11.2. The average molecular weight is 473 g/mol. The molecular weight excluding hydrogens is 452 g/mol. The molecule has 2 aromatic rings. The van der Waals surface area contributed by atoms with Gasteiger partial charge in [-0.3, -0.25) is 14.4 Å². The van der Waals surface area contributed by atoms with Crippen LogP contribution >= 0.6 is 23.4 Å². The second kappa shape index (κ2) is 8.84. The fourth-order valence-corrected chi connectivity index (χ4v) is 5.19. The van der Waals surface area contributed by atoms with Crippen molar-refractivity contribution in [3.05, 3.63) is 59.1 Å². The van der Waals surface area contributed by atoms with E-state index in [2.05, 4.69) is 10.4 Å². The SMILES string of the molecule is CC(=O)NC1=NN(C(C)=O)[C@@]2(S1)C(=O)N(CCCOc1ccc(Cl)cc1)c1ccccc12. The smallest absolute Gasteiger partial charge is 0.270 e. The number of carbonyl (C=O) groups excluding carboxylic acids is 3. The molecule has 166 valence electrons. The molecule has 1 spiro atoms. The van der Waals surface area contributed by atoms with Gasteiger partial charge in [-0.1, -0.05) is 29.8 Å². The number of nitrogens with one attached hydrogen (secondary N) is 1. The number of ether oxygens (including phenoxy) is 1. The number of amidine groups is 1. The third-order valence-corrected chi connectivity index (χ3v) is 6.51. The molecule has 0 bridgehead atoms. The molecule has 32 heavy (non-hydrogen) atoms. The first-order valence-electron chi connectivity index (χ1n) is 9.99. The molecule has 4 rings (SSSR count). The third-order valence-electron chi connectivity index (χ3n) is 5.02. The lowest BCUT2D eigenvalue weighted by atomic mass is 10.1. The van der Waals surface area contributed by atoms with Gasteiger partial charge in [-0.05, 0) is 48.5 Å². The van der Waals surface area contributed by atoms with E-state index in [1.807, 2.05) is 24.3 Å². The monoisotopic (exact) mass is 472 g/mol. The van der Waals surface area contributed by atoms with E-state index in [4.69, 9.17) is 16.3 Å². The van der Waals surface area contributed by atoms with Gasteiger partial charge in [0.25, 0.3) is 5.91 Å². The number of carbonyl (C=O) groups is 3.